The van der Waals surface area contributed by atoms with Crippen molar-refractivity contribution in [3.05, 3.63) is 84.4 Å². The smallest absolute Gasteiger partial charge is 0.258 e. The highest BCUT2D eigenvalue weighted by atomic mass is 16.5. The standard InChI is InChI=1S/C27H28N2O4/c1-32-24-9-5-6-10-25(24)33-19-26(30)28-23-15-17-29(18-16-23)27(31)22-13-11-21(12-14-22)20-7-3-2-4-8-20/h2-14,23H,15-19H2,1H3,(H,28,30). The number of piperidine rings is 1. The maximum Gasteiger partial charge on any atom is 0.258 e. The van der Waals surface area contributed by atoms with Crippen molar-refractivity contribution in [2.75, 3.05) is 26.8 Å². The molecule has 0 saturated carbocycles. The fraction of sp³-hybridized carbons (Fsp3) is 0.259. The highest BCUT2D eigenvalue weighted by molar-refractivity contribution is 5.94. The zero-order chi connectivity index (χ0) is 23.0. The molecule has 1 aliphatic heterocycles. The number of rotatable bonds is 7. The Bertz CT molecular complexity index is 1070. The van der Waals surface area contributed by atoms with Crippen molar-refractivity contribution >= 4 is 11.8 Å². The van der Waals surface area contributed by atoms with Gasteiger partial charge in [-0.3, -0.25) is 9.59 Å². The van der Waals surface area contributed by atoms with E-state index in [1.165, 1.54) is 0 Å². The van der Waals surface area contributed by atoms with Crippen LogP contribution in [-0.4, -0.2) is 49.6 Å². The molecule has 3 aromatic rings. The second kappa shape index (κ2) is 10.7. The molecule has 0 aromatic heterocycles. The summed E-state index contributed by atoms with van der Waals surface area (Å²) in [6.07, 6.45) is 1.43. The molecular formula is C27H28N2O4. The zero-order valence-corrected chi connectivity index (χ0v) is 18.7. The Morgan fingerprint density at radius 2 is 1.45 bits per heavy atom. The number of carbonyl (C=O) groups is 2. The maximum absolute atomic E-state index is 12.9. The van der Waals surface area contributed by atoms with E-state index < -0.39 is 0 Å². The van der Waals surface area contributed by atoms with Crippen LogP contribution in [0.5, 0.6) is 11.5 Å². The fourth-order valence-electron chi connectivity index (χ4n) is 4.00. The monoisotopic (exact) mass is 444 g/mol. The van der Waals surface area contributed by atoms with Gasteiger partial charge in [-0.25, -0.2) is 0 Å². The van der Waals surface area contributed by atoms with Crippen LogP contribution in [0.3, 0.4) is 0 Å². The van der Waals surface area contributed by atoms with Crippen molar-refractivity contribution in [2.45, 2.75) is 18.9 Å². The first-order chi connectivity index (χ1) is 16.1. The van der Waals surface area contributed by atoms with E-state index in [0.717, 1.165) is 11.1 Å². The second-order valence-corrected chi connectivity index (χ2v) is 8.02. The number of carbonyl (C=O) groups excluding carboxylic acids is 2. The summed E-state index contributed by atoms with van der Waals surface area (Å²) in [5, 5.41) is 3.01. The van der Waals surface area contributed by atoms with Gasteiger partial charge >= 0.3 is 0 Å². The van der Waals surface area contributed by atoms with Crippen molar-refractivity contribution in [1.82, 2.24) is 10.2 Å². The fourth-order valence-corrected chi connectivity index (χ4v) is 4.00. The number of amides is 2. The van der Waals surface area contributed by atoms with Crippen molar-refractivity contribution in [1.29, 1.82) is 0 Å². The van der Waals surface area contributed by atoms with Gasteiger partial charge in [0, 0.05) is 24.7 Å². The summed E-state index contributed by atoms with van der Waals surface area (Å²) < 4.78 is 10.8. The van der Waals surface area contributed by atoms with Crippen molar-refractivity contribution in [3.8, 4) is 22.6 Å². The molecule has 6 nitrogen and oxygen atoms in total. The molecule has 1 heterocycles. The quantitative estimate of drug-likeness (QED) is 0.594. The molecule has 0 bridgehead atoms. The van der Waals surface area contributed by atoms with Gasteiger partial charge in [0.05, 0.1) is 7.11 Å². The number of hydrogen-bond donors (Lipinski definition) is 1. The predicted octanol–water partition coefficient (Wildman–Crippen LogP) is 4.16. The summed E-state index contributed by atoms with van der Waals surface area (Å²) in [6.45, 7) is 1.14. The Hall–Kier alpha value is -3.80. The molecule has 2 amide bonds. The molecule has 1 aliphatic rings. The van der Waals surface area contributed by atoms with Gasteiger partial charge in [-0.2, -0.15) is 0 Å². The van der Waals surface area contributed by atoms with Crippen molar-refractivity contribution < 1.29 is 19.1 Å². The number of hydrogen-bond acceptors (Lipinski definition) is 4. The average molecular weight is 445 g/mol. The van der Waals surface area contributed by atoms with Crippen LogP contribution in [0.25, 0.3) is 11.1 Å². The SMILES string of the molecule is COc1ccccc1OCC(=O)NC1CCN(C(=O)c2ccc(-c3ccccc3)cc2)CC1. The van der Waals surface area contributed by atoms with E-state index in [-0.39, 0.29) is 24.5 Å². The Balaban J connectivity index is 1.24. The Morgan fingerprint density at radius 1 is 0.848 bits per heavy atom. The van der Waals surface area contributed by atoms with Crippen LogP contribution in [0.4, 0.5) is 0 Å². The summed E-state index contributed by atoms with van der Waals surface area (Å²) in [5.41, 5.74) is 2.90. The lowest BCUT2D eigenvalue weighted by Crippen LogP contribution is -2.47. The molecule has 0 aliphatic carbocycles. The minimum absolute atomic E-state index is 0.0268. The van der Waals surface area contributed by atoms with Crippen LogP contribution in [0.15, 0.2) is 78.9 Å². The van der Waals surface area contributed by atoms with Crippen LogP contribution < -0.4 is 14.8 Å². The molecule has 0 atom stereocenters. The molecule has 3 aromatic carbocycles. The van der Waals surface area contributed by atoms with Gasteiger partial charge in [-0.15, -0.1) is 0 Å². The average Bonchev–Trinajstić information content (AvgIpc) is 2.88. The highest BCUT2D eigenvalue weighted by Crippen LogP contribution is 2.25. The van der Waals surface area contributed by atoms with Gasteiger partial charge in [0.1, 0.15) is 0 Å². The number of ether oxygens (including phenoxy) is 2. The van der Waals surface area contributed by atoms with Gasteiger partial charge in [0.15, 0.2) is 18.1 Å². The van der Waals surface area contributed by atoms with E-state index in [4.69, 9.17) is 9.47 Å². The highest BCUT2D eigenvalue weighted by Gasteiger charge is 2.24. The summed E-state index contributed by atoms with van der Waals surface area (Å²) in [6, 6.07) is 25.1. The van der Waals surface area contributed by atoms with Crippen LogP contribution >= 0.6 is 0 Å². The molecule has 4 rings (SSSR count). The van der Waals surface area contributed by atoms with Gasteiger partial charge in [-0.1, -0.05) is 54.6 Å². The molecule has 1 fully saturated rings. The lowest BCUT2D eigenvalue weighted by atomic mass is 10.0. The van der Waals surface area contributed by atoms with E-state index in [0.29, 0.717) is 43.0 Å². The van der Waals surface area contributed by atoms with E-state index >= 15 is 0 Å². The van der Waals surface area contributed by atoms with Crippen LogP contribution in [0.1, 0.15) is 23.2 Å². The van der Waals surface area contributed by atoms with Gasteiger partial charge in [0.25, 0.3) is 11.8 Å². The molecule has 0 radical (unpaired) electrons. The third-order valence-corrected chi connectivity index (χ3v) is 5.81. The molecule has 33 heavy (non-hydrogen) atoms. The second-order valence-electron chi connectivity index (χ2n) is 8.02. The minimum Gasteiger partial charge on any atom is -0.493 e. The zero-order valence-electron chi connectivity index (χ0n) is 18.7. The molecular weight excluding hydrogens is 416 g/mol. The third-order valence-electron chi connectivity index (χ3n) is 5.81. The first-order valence-corrected chi connectivity index (χ1v) is 11.1. The number of benzene rings is 3. The summed E-state index contributed by atoms with van der Waals surface area (Å²) in [7, 11) is 1.56. The molecule has 6 heteroatoms. The number of nitrogens with zero attached hydrogens (tertiary/aromatic N) is 1. The van der Waals surface area contributed by atoms with Crippen LogP contribution in [0.2, 0.25) is 0 Å². The Labute approximate surface area is 194 Å². The van der Waals surface area contributed by atoms with E-state index in [2.05, 4.69) is 17.4 Å². The molecule has 1 N–H and O–H groups in total. The number of para-hydroxylation sites is 2. The van der Waals surface area contributed by atoms with Gasteiger partial charge in [-0.05, 0) is 48.2 Å². The number of nitrogens with one attached hydrogen (secondary N) is 1. The molecule has 0 unspecified atom stereocenters. The van der Waals surface area contributed by atoms with Crippen molar-refractivity contribution in [3.63, 3.8) is 0 Å². The molecule has 0 spiro atoms. The van der Waals surface area contributed by atoms with Crippen LogP contribution in [0, 0.1) is 0 Å². The maximum atomic E-state index is 12.9. The van der Waals surface area contributed by atoms with E-state index in [9.17, 15) is 9.59 Å². The van der Waals surface area contributed by atoms with E-state index in [1.807, 2.05) is 59.5 Å². The van der Waals surface area contributed by atoms with E-state index in [1.54, 1.807) is 19.2 Å². The number of likely N-dealkylation sites (tertiary alicyclic amines) is 1. The number of methoxy groups -OCH3 is 1. The van der Waals surface area contributed by atoms with Gasteiger partial charge in [0.2, 0.25) is 0 Å². The summed E-state index contributed by atoms with van der Waals surface area (Å²) in [4.78, 5) is 27.1. The van der Waals surface area contributed by atoms with Gasteiger partial charge < -0.3 is 19.7 Å². The normalized spacial score (nSPS) is 13.9. The summed E-state index contributed by atoms with van der Waals surface area (Å²) in [5.74, 6) is 0.976. The Kier molecular flexibility index (Phi) is 7.25. The third kappa shape index (κ3) is 5.71. The predicted molar refractivity (Wildman–Crippen MR) is 127 cm³/mol. The molecule has 1 saturated heterocycles. The topological polar surface area (TPSA) is 67.9 Å². The lowest BCUT2D eigenvalue weighted by Gasteiger charge is -2.32. The largest absolute Gasteiger partial charge is 0.493 e. The molecule has 170 valence electrons. The lowest BCUT2D eigenvalue weighted by molar-refractivity contribution is -0.124. The first-order valence-electron chi connectivity index (χ1n) is 11.1. The minimum atomic E-state index is -0.179. The van der Waals surface area contributed by atoms with Crippen molar-refractivity contribution in [2.24, 2.45) is 0 Å². The summed E-state index contributed by atoms with van der Waals surface area (Å²) >= 11 is 0. The first kappa shape index (κ1) is 22.4. The van der Waals surface area contributed by atoms with Crippen LogP contribution in [-0.2, 0) is 4.79 Å². The Morgan fingerprint density at radius 3 is 2.12 bits per heavy atom.